The van der Waals surface area contributed by atoms with Crippen LogP contribution in [0.2, 0.25) is 0 Å². The molecular weight excluding hydrogens is 308 g/mol. The average molecular weight is 326 g/mol. The Morgan fingerprint density at radius 3 is 2.39 bits per heavy atom. The molecule has 3 rings (SSSR count). The zero-order valence-electron chi connectivity index (χ0n) is 12.9. The molecule has 2 N–H and O–H groups in total. The molecule has 2 amide bonds. The summed E-state index contributed by atoms with van der Waals surface area (Å²) in [4.78, 5) is 24.7. The molecule has 0 saturated carbocycles. The molecular formula is C18H18N2O2S. The first-order valence-corrected chi connectivity index (χ1v) is 8.55. The van der Waals surface area contributed by atoms with E-state index in [1.54, 1.807) is 24.3 Å². The Bertz CT molecular complexity index is 741. The number of amides is 2. The first kappa shape index (κ1) is 15.6. The zero-order chi connectivity index (χ0) is 16.2. The van der Waals surface area contributed by atoms with E-state index in [9.17, 15) is 9.59 Å². The smallest absolute Gasteiger partial charge is 0.255 e. The van der Waals surface area contributed by atoms with Gasteiger partial charge in [-0.2, -0.15) is 0 Å². The van der Waals surface area contributed by atoms with Crippen molar-refractivity contribution < 1.29 is 9.59 Å². The largest absolute Gasteiger partial charge is 0.326 e. The van der Waals surface area contributed by atoms with Crippen LogP contribution >= 0.6 is 11.8 Å². The van der Waals surface area contributed by atoms with E-state index in [-0.39, 0.29) is 11.8 Å². The molecule has 0 atom stereocenters. The van der Waals surface area contributed by atoms with Crippen molar-refractivity contribution in [3.8, 4) is 0 Å². The third kappa shape index (κ3) is 3.93. The maximum atomic E-state index is 12.4. The van der Waals surface area contributed by atoms with Crippen molar-refractivity contribution in [2.75, 3.05) is 16.4 Å². The van der Waals surface area contributed by atoms with Crippen LogP contribution in [0.15, 0.2) is 47.4 Å². The number of anilines is 2. The molecule has 2 aromatic rings. The van der Waals surface area contributed by atoms with Crippen LogP contribution in [0.5, 0.6) is 0 Å². The van der Waals surface area contributed by atoms with Gasteiger partial charge in [0, 0.05) is 28.8 Å². The van der Waals surface area contributed by atoms with Gasteiger partial charge in [-0.15, -0.1) is 11.8 Å². The second-order valence-electron chi connectivity index (χ2n) is 5.49. The van der Waals surface area contributed by atoms with Crippen LogP contribution in [-0.2, 0) is 11.2 Å². The lowest BCUT2D eigenvalue weighted by Crippen LogP contribution is -2.13. The van der Waals surface area contributed by atoms with Gasteiger partial charge in [-0.1, -0.05) is 0 Å². The van der Waals surface area contributed by atoms with Gasteiger partial charge < -0.3 is 10.6 Å². The van der Waals surface area contributed by atoms with E-state index in [2.05, 4.69) is 10.6 Å². The van der Waals surface area contributed by atoms with Crippen molar-refractivity contribution in [1.29, 1.82) is 0 Å². The van der Waals surface area contributed by atoms with Gasteiger partial charge in [-0.05, 0) is 66.6 Å². The van der Waals surface area contributed by atoms with Crippen molar-refractivity contribution in [2.24, 2.45) is 0 Å². The Kier molecular flexibility index (Phi) is 4.67. The molecule has 0 bridgehead atoms. The molecule has 1 aliphatic rings. The number of aryl methyl sites for hydroxylation is 1. The number of thioether (sulfide) groups is 1. The second kappa shape index (κ2) is 6.87. The van der Waals surface area contributed by atoms with Crippen LogP contribution in [0, 0.1) is 0 Å². The summed E-state index contributed by atoms with van der Waals surface area (Å²) in [7, 11) is 0. The van der Waals surface area contributed by atoms with Gasteiger partial charge in [0.25, 0.3) is 5.91 Å². The van der Waals surface area contributed by atoms with Crippen LogP contribution < -0.4 is 10.6 Å². The number of hydrogen-bond acceptors (Lipinski definition) is 3. The van der Waals surface area contributed by atoms with Gasteiger partial charge in [0.15, 0.2) is 0 Å². The summed E-state index contributed by atoms with van der Waals surface area (Å²) in [6.07, 6.45) is 2.20. The highest BCUT2D eigenvalue weighted by molar-refractivity contribution is 7.99. The molecule has 0 fully saturated rings. The number of carbonyl (C=O) groups excluding carboxylic acids is 2. The predicted molar refractivity (Wildman–Crippen MR) is 94.2 cm³/mol. The summed E-state index contributed by atoms with van der Waals surface area (Å²) >= 11 is 1.85. The average Bonchev–Trinajstić information content (AvgIpc) is 2.55. The zero-order valence-corrected chi connectivity index (χ0v) is 13.7. The topological polar surface area (TPSA) is 58.2 Å². The molecule has 4 nitrogen and oxygen atoms in total. The van der Waals surface area contributed by atoms with Crippen LogP contribution in [0.25, 0.3) is 0 Å². The van der Waals surface area contributed by atoms with E-state index in [1.165, 1.54) is 17.4 Å². The molecule has 118 valence electrons. The number of carbonyl (C=O) groups is 2. The highest BCUT2D eigenvalue weighted by Crippen LogP contribution is 2.30. The number of rotatable bonds is 3. The second-order valence-corrected chi connectivity index (χ2v) is 6.62. The highest BCUT2D eigenvalue weighted by Gasteiger charge is 2.13. The van der Waals surface area contributed by atoms with E-state index in [0.717, 1.165) is 18.6 Å². The van der Waals surface area contributed by atoms with Gasteiger partial charge in [-0.3, -0.25) is 9.59 Å². The Morgan fingerprint density at radius 1 is 1.00 bits per heavy atom. The Hall–Kier alpha value is -2.27. The minimum absolute atomic E-state index is 0.115. The number of benzene rings is 2. The fourth-order valence-corrected chi connectivity index (χ4v) is 3.56. The minimum atomic E-state index is -0.117. The Morgan fingerprint density at radius 2 is 1.70 bits per heavy atom. The maximum absolute atomic E-state index is 12.4. The van der Waals surface area contributed by atoms with Gasteiger partial charge in [0.1, 0.15) is 0 Å². The first-order chi connectivity index (χ1) is 11.1. The summed E-state index contributed by atoms with van der Waals surface area (Å²) < 4.78 is 0. The van der Waals surface area contributed by atoms with Crippen LogP contribution in [0.4, 0.5) is 11.4 Å². The number of nitrogens with one attached hydrogen (secondary N) is 2. The fourth-order valence-electron chi connectivity index (χ4n) is 2.55. The van der Waals surface area contributed by atoms with Crippen LogP contribution in [0.3, 0.4) is 0 Å². The van der Waals surface area contributed by atoms with Crippen molar-refractivity contribution >= 4 is 35.0 Å². The normalized spacial score (nSPS) is 13.1. The van der Waals surface area contributed by atoms with E-state index in [1.807, 2.05) is 30.0 Å². The van der Waals surface area contributed by atoms with Gasteiger partial charge in [-0.25, -0.2) is 0 Å². The summed E-state index contributed by atoms with van der Waals surface area (Å²) in [6, 6.07) is 13.0. The quantitative estimate of drug-likeness (QED) is 0.898. The molecule has 0 radical (unpaired) electrons. The summed E-state index contributed by atoms with van der Waals surface area (Å²) in [6.45, 7) is 1.46. The first-order valence-electron chi connectivity index (χ1n) is 7.56. The van der Waals surface area contributed by atoms with Crippen molar-refractivity contribution in [2.45, 2.75) is 24.7 Å². The summed E-state index contributed by atoms with van der Waals surface area (Å²) in [5, 5.41) is 5.58. The minimum Gasteiger partial charge on any atom is -0.326 e. The van der Waals surface area contributed by atoms with Crippen LogP contribution in [0.1, 0.15) is 29.3 Å². The Balaban J connectivity index is 1.70. The highest BCUT2D eigenvalue weighted by atomic mass is 32.2. The number of hydrogen-bond donors (Lipinski definition) is 2. The molecule has 0 spiro atoms. The molecule has 2 aromatic carbocycles. The molecule has 0 unspecified atom stereocenters. The van der Waals surface area contributed by atoms with E-state index in [4.69, 9.17) is 0 Å². The summed E-state index contributed by atoms with van der Waals surface area (Å²) in [5.74, 6) is 0.920. The Labute approximate surface area is 139 Å². The van der Waals surface area contributed by atoms with Crippen molar-refractivity contribution in [1.82, 2.24) is 0 Å². The molecule has 23 heavy (non-hydrogen) atoms. The van der Waals surface area contributed by atoms with Crippen molar-refractivity contribution in [3.05, 3.63) is 53.6 Å². The standard InChI is InChI=1S/C18H18N2O2S/c1-12(21)19-15-5-7-16(8-6-15)20-18(22)14-4-9-17-13(11-14)3-2-10-23-17/h4-9,11H,2-3,10H2,1H3,(H,19,21)(H,20,22). The van der Waals surface area contributed by atoms with Crippen molar-refractivity contribution in [3.63, 3.8) is 0 Å². The summed E-state index contributed by atoms with van der Waals surface area (Å²) in [5.41, 5.74) is 3.35. The third-order valence-electron chi connectivity index (χ3n) is 3.63. The van der Waals surface area contributed by atoms with Gasteiger partial charge >= 0.3 is 0 Å². The molecule has 1 aliphatic heterocycles. The lowest BCUT2D eigenvalue weighted by atomic mass is 10.1. The molecule has 0 saturated heterocycles. The van der Waals surface area contributed by atoms with E-state index in [0.29, 0.717) is 16.9 Å². The van der Waals surface area contributed by atoms with E-state index < -0.39 is 0 Å². The molecule has 1 heterocycles. The molecule has 5 heteroatoms. The number of fused-ring (bicyclic) bond motifs is 1. The van der Waals surface area contributed by atoms with E-state index >= 15 is 0 Å². The third-order valence-corrected chi connectivity index (χ3v) is 4.84. The van der Waals surface area contributed by atoms with Crippen LogP contribution in [-0.4, -0.2) is 17.6 Å². The SMILES string of the molecule is CC(=O)Nc1ccc(NC(=O)c2ccc3c(c2)CCCS3)cc1. The monoisotopic (exact) mass is 326 g/mol. The lowest BCUT2D eigenvalue weighted by Gasteiger charge is -2.16. The fraction of sp³-hybridized carbons (Fsp3) is 0.222. The molecule has 0 aliphatic carbocycles. The maximum Gasteiger partial charge on any atom is 0.255 e. The van der Waals surface area contributed by atoms with Gasteiger partial charge in [0.05, 0.1) is 0 Å². The van der Waals surface area contributed by atoms with Gasteiger partial charge in [0.2, 0.25) is 5.91 Å². The molecule has 0 aromatic heterocycles. The predicted octanol–water partition coefficient (Wildman–Crippen LogP) is 3.94. The lowest BCUT2D eigenvalue weighted by molar-refractivity contribution is -0.114.